The fourth-order valence-corrected chi connectivity index (χ4v) is 0.949. The van der Waals surface area contributed by atoms with E-state index in [0.29, 0.717) is 11.0 Å². The summed E-state index contributed by atoms with van der Waals surface area (Å²) in [7, 11) is 0. The summed E-state index contributed by atoms with van der Waals surface area (Å²) in [4.78, 5) is 0. The van der Waals surface area contributed by atoms with Crippen molar-refractivity contribution in [2.75, 3.05) is 0 Å². The summed E-state index contributed by atoms with van der Waals surface area (Å²) in [5.74, 6) is -0.570. The summed E-state index contributed by atoms with van der Waals surface area (Å²) in [6, 6.07) is 4.25. The molecule has 1 aromatic heterocycles. The Morgan fingerprint density at radius 1 is 1.33 bits per heavy atom. The maximum atomic E-state index is 12.9. The standard InChI is InChI=1S/C7H3FN4/c8-5-2-7-6(10-12-11-7)1-4(5)3-9/h1-2H,(H,10,11,12). The van der Waals surface area contributed by atoms with Crippen LogP contribution in [0.25, 0.3) is 11.0 Å². The molecule has 0 aliphatic carbocycles. The van der Waals surface area contributed by atoms with E-state index in [-0.39, 0.29) is 5.56 Å². The predicted molar refractivity (Wildman–Crippen MR) is 38.6 cm³/mol. The Bertz CT molecular complexity index is 468. The molecule has 2 aromatic rings. The highest BCUT2D eigenvalue weighted by molar-refractivity contribution is 5.75. The van der Waals surface area contributed by atoms with Crippen molar-refractivity contribution < 1.29 is 4.39 Å². The van der Waals surface area contributed by atoms with E-state index in [2.05, 4.69) is 15.4 Å². The first kappa shape index (κ1) is 6.73. The summed E-state index contributed by atoms with van der Waals surface area (Å²) in [6.07, 6.45) is 0. The molecule has 0 bridgehead atoms. The number of aromatic amines is 1. The van der Waals surface area contributed by atoms with E-state index in [1.807, 2.05) is 0 Å². The van der Waals surface area contributed by atoms with E-state index in [9.17, 15) is 4.39 Å². The summed E-state index contributed by atoms with van der Waals surface area (Å²) < 4.78 is 12.9. The van der Waals surface area contributed by atoms with Gasteiger partial charge in [-0.25, -0.2) is 4.39 Å². The minimum absolute atomic E-state index is 0.0172. The number of rotatable bonds is 0. The number of H-pyrrole nitrogens is 1. The molecule has 1 heterocycles. The molecule has 0 spiro atoms. The molecular formula is C7H3FN4. The van der Waals surface area contributed by atoms with Gasteiger partial charge in [-0.15, -0.1) is 0 Å². The van der Waals surface area contributed by atoms with Crippen molar-refractivity contribution in [2.45, 2.75) is 0 Å². The summed E-state index contributed by atoms with van der Waals surface area (Å²) in [5.41, 5.74) is 0.899. The lowest BCUT2D eigenvalue weighted by Crippen LogP contribution is -1.82. The van der Waals surface area contributed by atoms with Crippen LogP contribution >= 0.6 is 0 Å². The molecule has 0 saturated carbocycles. The number of halogens is 1. The van der Waals surface area contributed by atoms with Gasteiger partial charge in [0.2, 0.25) is 0 Å². The van der Waals surface area contributed by atoms with Crippen LogP contribution in [-0.2, 0) is 0 Å². The van der Waals surface area contributed by atoms with Crippen LogP contribution in [0.3, 0.4) is 0 Å². The van der Waals surface area contributed by atoms with Gasteiger partial charge in [-0.2, -0.15) is 20.7 Å². The topological polar surface area (TPSA) is 65.4 Å². The van der Waals surface area contributed by atoms with Crippen LogP contribution in [0.4, 0.5) is 4.39 Å². The van der Waals surface area contributed by atoms with Crippen molar-refractivity contribution in [1.82, 2.24) is 15.4 Å². The molecule has 12 heavy (non-hydrogen) atoms. The fourth-order valence-electron chi connectivity index (χ4n) is 0.949. The molecule has 0 aliphatic heterocycles. The zero-order chi connectivity index (χ0) is 8.55. The van der Waals surface area contributed by atoms with Gasteiger partial charge in [0, 0.05) is 6.07 Å². The summed E-state index contributed by atoms with van der Waals surface area (Å²) in [6.45, 7) is 0. The van der Waals surface area contributed by atoms with Crippen LogP contribution in [0.5, 0.6) is 0 Å². The van der Waals surface area contributed by atoms with Gasteiger partial charge in [0.05, 0.1) is 5.56 Å². The Morgan fingerprint density at radius 3 is 2.67 bits per heavy atom. The SMILES string of the molecule is N#Cc1cc2n[nH]nc2cc1F. The van der Waals surface area contributed by atoms with Gasteiger partial charge in [0.15, 0.2) is 0 Å². The summed E-state index contributed by atoms with van der Waals surface area (Å²) in [5, 5.41) is 18.2. The van der Waals surface area contributed by atoms with Gasteiger partial charge in [-0.05, 0) is 6.07 Å². The van der Waals surface area contributed by atoms with Crippen molar-refractivity contribution in [1.29, 1.82) is 5.26 Å². The van der Waals surface area contributed by atoms with Crippen LogP contribution < -0.4 is 0 Å². The second-order valence-electron chi connectivity index (χ2n) is 2.26. The first-order chi connectivity index (χ1) is 5.81. The quantitative estimate of drug-likeness (QED) is 0.627. The Labute approximate surface area is 66.6 Å². The fraction of sp³-hybridized carbons (Fsp3) is 0. The number of fused-ring (bicyclic) bond motifs is 1. The lowest BCUT2D eigenvalue weighted by atomic mass is 10.2. The molecule has 0 aliphatic rings. The van der Waals surface area contributed by atoms with Gasteiger partial charge in [0.1, 0.15) is 22.9 Å². The van der Waals surface area contributed by atoms with Crippen LogP contribution in [0, 0.1) is 17.1 Å². The smallest absolute Gasteiger partial charge is 0.143 e. The highest BCUT2D eigenvalue weighted by Gasteiger charge is 2.05. The third-order valence-electron chi connectivity index (χ3n) is 1.53. The molecule has 4 nitrogen and oxygen atoms in total. The molecule has 0 fully saturated rings. The van der Waals surface area contributed by atoms with Gasteiger partial charge in [-0.3, -0.25) is 0 Å². The van der Waals surface area contributed by atoms with E-state index in [0.717, 1.165) is 0 Å². The summed E-state index contributed by atoms with van der Waals surface area (Å²) >= 11 is 0. The van der Waals surface area contributed by atoms with E-state index < -0.39 is 5.82 Å². The lowest BCUT2D eigenvalue weighted by Gasteiger charge is -1.89. The van der Waals surface area contributed by atoms with Crippen LogP contribution in [0.15, 0.2) is 12.1 Å². The second kappa shape index (κ2) is 2.27. The monoisotopic (exact) mass is 162 g/mol. The maximum Gasteiger partial charge on any atom is 0.143 e. The normalized spacial score (nSPS) is 10.0. The maximum absolute atomic E-state index is 12.9. The molecule has 0 amide bonds. The molecule has 0 radical (unpaired) electrons. The van der Waals surface area contributed by atoms with E-state index in [1.54, 1.807) is 6.07 Å². The number of hydrogen-bond donors (Lipinski definition) is 1. The zero-order valence-electron chi connectivity index (χ0n) is 5.87. The zero-order valence-corrected chi connectivity index (χ0v) is 5.87. The van der Waals surface area contributed by atoms with Gasteiger partial charge in [-0.1, -0.05) is 0 Å². The van der Waals surface area contributed by atoms with Crippen molar-refractivity contribution in [2.24, 2.45) is 0 Å². The first-order valence-corrected chi connectivity index (χ1v) is 3.21. The van der Waals surface area contributed by atoms with Crippen molar-refractivity contribution in [3.8, 4) is 6.07 Å². The molecular weight excluding hydrogens is 159 g/mol. The first-order valence-electron chi connectivity index (χ1n) is 3.21. The van der Waals surface area contributed by atoms with Crippen LogP contribution in [0.1, 0.15) is 5.56 Å². The average Bonchev–Trinajstić information content (AvgIpc) is 2.49. The third-order valence-corrected chi connectivity index (χ3v) is 1.53. The molecule has 0 unspecified atom stereocenters. The number of nitriles is 1. The van der Waals surface area contributed by atoms with E-state index in [4.69, 9.17) is 5.26 Å². The van der Waals surface area contributed by atoms with Gasteiger partial charge < -0.3 is 0 Å². The number of nitrogens with one attached hydrogen (secondary N) is 1. The Kier molecular flexibility index (Phi) is 1.27. The third kappa shape index (κ3) is 0.820. The molecule has 0 atom stereocenters. The molecule has 58 valence electrons. The number of nitrogens with zero attached hydrogens (tertiary/aromatic N) is 3. The minimum atomic E-state index is -0.570. The largest absolute Gasteiger partial charge is 0.205 e. The Hall–Kier alpha value is -1.96. The number of benzene rings is 1. The van der Waals surface area contributed by atoms with Crippen molar-refractivity contribution in [3.05, 3.63) is 23.5 Å². The molecule has 5 heteroatoms. The minimum Gasteiger partial charge on any atom is -0.205 e. The highest BCUT2D eigenvalue weighted by atomic mass is 19.1. The van der Waals surface area contributed by atoms with E-state index >= 15 is 0 Å². The van der Waals surface area contributed by atoms with Gasteiger partial charge >= 0.3 is 0 Å². The lowest BCUT2D eigenvalue weighted by molar-refractivity contribution is 0.625. The predicted octanol–water partition coefficient (Wildman–Crippen LogP) is 0.969. The van der Waals surface area contributed by atoms with E-state index in [1.165, 1.54) is 12.1 Å². The Morgan fingerprint density at radius 2 is 2.00 bits per heavy atom. The van der Waals surface area contributed by atoms with Crippen molar-refractivity contribution >= 4 is 11.0 Å². The van der Waals surface area contributed by atoms with Crippen molar-refractivity contribution in [3.63, 3.8) is 0 Å². The molecule has 1 aromatic carbocycles. The highest BCUT2D eigenvalue weighted by Crippen LogP contribution is 2.13. The molecule has 2 rings (SSSR count). The molecule has 0 saturated heterocycles. The Balaban J connectivity index is 2.84. The number of hydrogen-bond acceptors (Lipinski definition) is 3. The number of aromatic nitrogens is 3. The second-order valence-corrected chi connectivity index (χ2v) is 2.26. The molecule has 1 N–H and O–H groups in total. The van der Waals surface area contributed by atoms with Crippen LogP contribution in [-0.4, -0.2) is 15.4 Å². The van der Waals surface area contributed by atoms with Crippen LogP contribution in [0.2, 0.25) is 0 Å². The van der Waals surface area contributed by atoms with Gasteiger partial charge in [0.25, 0.3) is 0 Å². The average molecular weight is 162 g/mol.